The second-order valence-electron chi connectivity index (χ2n) is 5.80. The SMILES string of the molecule is CC(C)CN(C(=O)N(C)c1ccccc1C(=O)O)C(C)C. The number of nitrogens with zero attached hydrogens (tertiary/aromatic N) is 2. The van der Waals surface area contributed by atoms with Crippen molar-refractivity contribution in [3.8, 4) is 0 Å². The molecule has 0 aliphatic heterocycles. The number of para-hydroxylation sites is 1. The molecule has 0 spiro atoms. The Morgan fingerprint density at radius 3 is 2.19 bits per heavy atom. The average Bonchev–Trinajstić information content (AvgIpc) is 2.42. The van der Waals surface area contributed by atoms with Crippen LogP contribution in [0.3, 0.4) is 0 Å². The maximum absolute atomic E-state index is 12.7. The number of urea groups is 1. The first-order valence-corrected chi connectivity index (χ1v) is 7.12. The third kappa shape index (κ3) is 4.21. The van der Waals surface area contributed by atoms with Crippen LogP contribution in [-0.2, 0) is 0 Å². The summed E-state index contributed by atoms with van der Waals surface area (Å²) in [5, 5.41) is 9.24. The van der Waals surface area contributed by atoms with Crippen LogP contribution >= 0.6 is 0 Å². The number of rotatable bonds is 5. The highest BCUT2D eigenvalue weighted by Crippen LogP contribution is 2.21. The van der Waals surface area contributed by atoms with E-state index in [-0.39, 0.29) is 17.6 Å². The van der Waals surface area contributed by atoms with E-state index in [1.165, 1.54) is 11.0 Å². The molecule has 5 nitrogen and oxygen atoms in total. The summed E-state index contributed by atoms with van der Waals surface area (Å²) in [6.07, 6.45) is 0. The molecule has 116 valence electrons. The number of hydrogen-bond donors (Lipinski definition) is 1. The number of aromatic carboxylic acids is 1. The summed E-state index contributed by atoms with van der Waals surface area (Å²) < 4.78 is 0. The van der Waals surface area contributed by atoms with Gasteiger partial charge in [0.15, 0.2) is 0 Å². The summed E-state index contributed by atoms with van der Waals surface area (Å²) in [5.41, 5.74) is 0.533. The number of anilines is 1. The van der Waals surface area contributed by atoms with Gasteiger partial charge in [-0.1, -0.05) is 26.0 Å². The Balaban J connectivity index is 3.09. The predicted octanol–water partition coefficient (Wildman–Crippen LogP) is 3.31. The van der Waals surface area contributed by atoms with E-state index < -0.39 is 5.97 Å². The van der Waals surface area contributed by atoms with Crippen molar-refractivity contribution in [2.45, 2.75) is 33.7 Å². The van der Waals surface area contributed by atoms with Gasteiger partial charge in [-0.05, 0) is 31.9 Å². The van der Waals surface area contributed by atoms with Gasteiger partial charge < -0.3 is 10.0 Å². The second kappa shape index (κ2) is 7.11. The highest BCUT2D eigenvalue weighted by atomic mass is 16.4. The molecule has 0 radical (unpaired) electrons. The van der Waals surface area contributed by atoms with E-state index in [0.29, 0.717) is 18.2 Å². The molecule has 21 heavy (non-hydrogen) atoms. The molecule has 0 fully saturated rings. The lowest BCUT2D eigenvalue weighted by Gasteiger charge is -2.33. The first kappa shape index (κ1) is 17.0. The van der Waals surface area contributed by atoms with Crippen molar-refractivity contribution < 1.29 is 14.7 Å². The van der Waals surface area contributed by atoms with Crippen molar-refractivity contribution in [1.82, 2.24) is 4.90 Å². The van der Waals surface area contributed by atoms with Crippen molar-refractivity contribution >= 4 is 17.7 Å². The lowest BCUT2D eigenvalue weighted by molar-refractivity contribution is 0.0697. The zero-order valence-electron chi connectivity index (χ0n) is 13.3. The second-order valence-corrected chi connectivity index (χ2v) is 5.80. The maximum atomic E-state index is 12.7. The van der Waals surface area contributed by atoms with Gasteiger partial charge in [-0.2, -0.15) is 0 Å². The van der Waals surface area contributed by atoms with Crippen molar-refractivity contribution in [1.29, 1.82) is 0 Å². The van der Waals surface area contributed by atoms with Gasteiger partial charge in [0.25, 0.3) is 0 Å². The number of carbonyl (C=O) groups excluding carboxylic acids is 1. The number of benzene rings is 1. The largest absolute Gasteiger partial charge is 0.478 e. The van der Waals surface area contributed by atoms with Crippen LogP contribution < -0.4 is 4.90 Å². The van der Waals surface area contributed by atoms with Gasteiger partial charge >= 0.3 is 12.0 Å². The molecule has 1 rings (SSSR count). The fourth-order valence-corrected chi connectivity index (χ4v) is 2.15. The van der Waals surface area contributed by atoms with Crippen LogP contribution in [0.25, 0.3) is 0 Å². The standard InChI is InChI=1S/C16H24N2O3/c1-11(2)10-18(12(3)4)16(21)17(5)14-9-7-6-8-13(14)15(19)20/h6-9,11-12H,10H2,1-5H3,(H,19,20). The van der Waals surface area contributed by atoms with Gasteiger partial charge in [-0.3, -0.25) is 4.90 Å². The van der Waals surface area contributed by atoms with Crippen molar-refractivity contribution in [2.24, 2.45) is 5.92 Å². The van der Waals surface area contributed by atoms with Crippen LogP contribution in [0.1, 0.15) is 38.1 Å². The number of carboxylic acid groups (broad SMARTS) is 1. The molecule has 0 saturated carbocycles. The monoisotopic (exact) mass is 292 g/mol. The summed E-state index contributed by atoms with van der Waals surface area (Å²) in [7, 11) is 1.61. The molecule has 0 heterocycles. The molecule has 1 N–H and O–H groups in total. The minimum Gasteiger partial charge on any atom is -0.478 e. The zero-order valence-corrected chi connectivity index (χ0v) is 13.3. The minimum atomic E-state index is -1.04. The molecular formula is C16H24N2O3. The molecule has 0 unspecified atom stereocenters. The number of amides is 2. The van der Waals surface area contributed by atoms with Gasteiger partial charge in [0.05, 0.1) is 11.3 Å². The van der Waals surface area contributed by atoms with Gasteiger partial charge in [-0.15, -0.1) is 0 Å². The average molecular weight is 292 g/mol. The predicted molar refractivity (Wildman–Crippen MR) is 83.9 cm³/mol. The van der Waals surface area contributed by atoms with E-state index in [0.717, 1.165) is 0 Å². The Morgan fingerprint density at radius 1 is 1.14 bits per heavy atom. The summed E-state index contributed by atoms with van der Waals surface area (Å²) in [4.78, 5) is 27.1. The molecule has 1 aromatic carbocycles. The lowest BCUT2D eigenvalue weighted by atomic mass is 10.1. The summed E-state index contributed by atoms with van der Waals surface area (Å²) in [5.74, 6) is -0.690. The summed E-state index contributed by atoms with van der Waals surface area (Å²) >= 11 is 0. The van der Waals surface area contributed by atoms with Crippen molar-refractivity contribution in [2.75, 3.05) is 18.5 Å². The molecule has 0 aliphatic carbocycles. The van der Waals surface area contributed by atoms with E-state index in [2.05, 4.69) is 0 Å². The van der Waals surface area contributed by atoms with E-state index in [4.69, 9.17) is 0 Å². The zero-order chi connectivity index (χ0) is 16.2. The van der Waals surface area contributed by atoms with Crippen LogP contribution in [0.5, 0.6) is 0 Å². The molecule has 0 aromatic heterocycles. The number of hydrogen-bond acceptors (Lipinski definition) is 2. The molecule has 5 heteroatoms. The van der Waals surface area contributed by atoms with Crippen LogP contribution in [0.4, 0.5) is 10.5 Å². The molecule has 2 amide bonds. The summed E-state index contributed by atoms with van der Waals surface area (Å²) in [6, 6.07) is 6.40. The molecule has 1 aromatic rings. The van der Waals surface area contributed by atoms with Crippen LogP contribution in [-0.4, -0.2) is 41.6 Å². The normalized spacial score (nSPS) is 10.8. The van der Waals surface area contributed by atoms with Crippen LogP contribution in [0.2, 0.25) is 0 Å². The van der Waals surface area contributed by atoms with Gasteiger partial charge in [-0.25, -0.2) is 9.59 Å². The Bertz CT molecular complexity index is 512. The summed E-state index contributed by atoms with van der Waals surface area (Å²) in [6.45, 7) is 8.65. The first-order chi connectivity index (χ1) is 9.75. The molecule has 0 saturated heterocycles. The fraction of sp³-hybridized carbons (Fsp3) is 0.500. The quantitative estimate of drug-likeness (QED) is 0.905. The van der Waals surface area contributed by atoms with Crippen molar-refractivity contribution in [3.05, 3.63) is 29.8 Å². The van der Waals surface area contributed by atoms with Gasteiger partial charge in [0.1, 0.15) is 0 Å². The molecule has 0 atom stereocenters. The third-order valence-electron chi connectivity index (χ3n) is 3.21. The molecular weight excluding hydrogens is 268 g/mol. The van der Waals surface area contributed by atoms with E-state index in [1.54, 1.807) is 30.1 Å². The smallest absolute Gasteiger partial charge is 0.337 e. The van der Waals surface area contributed by atoms with Crippen molar-refractivity contribution in [3.63, 3.8) is 0 Å². The van der Waals surface area contributed by atoms with Gasteiger partial charge in [0, 0.05) is 19.6 Å². The first-order valence-electron chi connectivity index (χ1n) is 7.12. The third-order valence-corrected chi connectivity index (χ3v) is 3.21. The molecule has 0 aliphatic rings. The highest BCUT2D eigenvalue weighted by molar-refractivity contribution is 6.01. The Hall–Kier alpha value is -2.04. The Labute approximate surface area is 126 Å². The maximum Gasteiger partial charge on any atom is 0.337 e. The topological polar surface area (TPSA) is 60.9 Å². The Morgan fingerprint density at radius 2 is 1.71 bits per heavy atom. The fourth-order valence-electron chi connectivity index (χ4n) is 2.15. The van der Waals surface area contributed by atoms with Crippen LogP contribution in [0.15, 0.2) is 24.3 Å². The number of carbonyl (C=O) groups is 2. The Kier molecular flexibility index (Phi) is 5.76. The lowest BCUT2D eigenvalue weighted by Crippen LogP contribution is -2.47. The number of carboxylic acids is 1. The minimum absolute atomic E-state index is 0.0549. The van der Waals surface area contributed by atoms with E-state index in [9.17, 15) is 14.7 Å². The van der Waals surface area contributed by atoms with E-state index in [1.807, 2.05) is 27.7 Å². The molecule has 0 bridgehead atoms. The van der Waals surface area contributed by atoms with E-state index >= 15 is 0 Å². The van der Waals surface area contributed by atoms with Gasteiger partial charge in [0.2, 0.25) is 0 Å². The highest BCUT2D eigenvalue weighted by Gasteiger charge is 2.24. The van der Waals surface area contributed by atoms with Crippen LogP contribution in [0, 0.1) is 5.92 Å².